The maximum Gasteiger partial charge on any atom is 0.317 e. The zero-order chi connectivity index (χ0) is 16.4. The summed E-state index contributed by atoms with van der Waals surface area (Å²) < 4.78 is 0. The molecule has 2 saturated carbocycles. The van der Waals surface area contributed by atoms with Gasteiger partial charge in [0, 0.05) is 25.2 Å². The van der Waals surface area contributed by atoms with Crippen molar-refractivity contribution in [3.8, 4) is 0 Å². The van der Waals surface area contributed by atoms with Crippen LogP contribution in [0.3, 0.4) is 0 Å². The highest BCUT2D eigenvalue weighted by Gasteiger charge is 2.40. The van der Waals surface area contributed by atoms with Gasteiger partial charge in [-0.25, -0.2) is 4.79 Å². The molecule has 1 aliphatic heterocycles. The summed E-state index contributed by atoms with van der Waals surface area (Å²) in [4.78, 5) is 27.0. The normalized spacial score (nSPS) is 28.5. The van der Waals surface area contributed by atoms with E-state index in [1.165, 1.54) is 25.7 Å². The van der Waals surface area contributed by atoms with Gasteiger partial charge in [-0.05, 0) is 31.2 Å². The van der Waals surface area contributed by atoms with Crippen molar-refractivity contribution >= 4 is 12.0 Å². The second-order valence-corrected chi connectivity index (χ2v) is 7.44. The van der Waals surface area contributed by atoms with Crippen LogP contribution in [0.2, 0.25) is 0 Å². The number of nitrogens with zero attached hydrogens (tertiary/aromatic N) is 2. The van der Waals surface area contributed by atoms with Crippen molar-refractivity contribution in [3.05, 3.63) is 0 Å². The molecule has 0 aromatic heterocycles. The van der Waals surface area contributed by atoms with Gasteiger partial charge in [0.1, 0.15) is 0 Å². The van der Waals surface area contributed by atoms with Gasteiger partial charge in [-0.2, -0.15) is 0 Å². The van der Waals surface area contributed by atoms with Crippen LogP contribution in [0.1, 0.15) is 45.4 Å². The van der Waals surface area contributed by atoms with E-state index in [2.05, 4.69) is 5.32 Å². The van der Waals surface area contributed by atoms with E-state index in [-0.39, 0.29) is 18.6 Å². The third kappa shape index (κ3) is 3.79. The first-order valence-corrected chi connectivity index (χ1v) is 9.08. The van der Waals surface area contributed by atoms with Gasteiger partial charge in [0.05, 0.1) is 6.54 Å². The number of carbonyl (C=O) groups is 2. The van der Waals surface area contributed by atoms with E-state index in [1.807, 2.05) is 16.7 Å². The van der Waals surface area contributed by atoms with Gasteiger partial charge in [-0.1, -0.05) is 32.6 Å². The number of likely N-dealkylation sites (tertiary alicyclic amines) is 1. The molecule has 2 aliphatic carbocycles. The number of nitrogens with one attached hydrogen (secondary N) is 1. The quantitative estimate of drug-likeness (QED) is 0.781. The van der Waals surface area contributed by atoms with Gasteiger partial charge in [0.15, 0.2) is 0 Å². The van der Waals surface area contributed by atoms with Crippen LogP contribution < -0.4 is 5.32 Å². The molecule has 23 heavy (non-hydrogen) atoms. The first kappa shape index (κ1) is 16.6. The predicted octanol–water partition coefficient (Wildman–Crippen LogP) is 1.76. The number of carboxylic acid groups (broad SMARTS) is 1. The summed E-state index contributed by atoms with van der Waals surface area (Å²) in [6.07, 6.45) is 7.16. The number of hydrogen-bond donors (Lipinski definition) is 2. The molecule has 2 amide bonds. The van der Waals surface area contributed by atoms with Crippen molar-refractivity contribution in [1.82, 2.24) is 15.1 Å². The molecular formula is C17H29N3O3. The fourth-order valence-electron chi connectivity index (χ4n) is 4.35. The molecule has 0 unspecified atom stereocenters. The Bertz CT molecular complexity index is 438. The van der Waals surface area contributed by atoms with E-state index in [0.29, 0.717) is 6.04 Å². The number of carboxylic acids is 1. The first-order chi connectivity index (χ1) is 11.1. The lowest BCUT2D eigenvalue weighted by atomic mass is 9.84. The minimum atomic E-state index is -0.780. The summed E-state index contributed by atoms with van der Waals surface area (Å²) >= 11 is 0. The Morgan fingerprint density at radius 3 is 2.39 bits per heavy atom. The highest BCUT2D eigenvalue weighted by atomic mass is 16.4. The Morgan fingerprint density at radius 1 is 1.17 bits per heavy atom. The van der Waals surface area contributed by atoms with Crippen molar-refractivity contribution in [2.45, 2.75) is 57.5 Å². The maximum atomic E-state index is 12.2. The average Bonchev–Trinajstić information content (AvgIpc) is 2.92. The number of aliphatic carboxylic acids is 1. The van der Waals surface area contributed by atoms with Gasteiger partial charge in [-0.3, -0.25) is 9.69 Å². The van der Waals surface area contributed by atoms with Crippen LogP contribution in [0.4, 0.5) is 4.79 Å². The SMILES string of the molecule is CCN(CC(=O)O)C1CC(NC(=O)N2CC(C3CCCC3)C2)C1. The predicted molar refractivity (Wildman–Crippen MR) is 87.2 cm³/mol. The number of hydrogen-bond acceptors (Lipinski definition) is 3. The van der Waals surface area contributed by atoms with E-state index in [4.69, 9.17) is 5.11 Å². The van der Waals surface area contributed by atoms with Gasteiger partial charge in [-0.15, -0.1) is 0 Å². The van der Waals surface area contributed by atoms with Crippen LogP contribution in [0.5, 0.6) is 0 Å². The van der Waals surface area contributed by atoms with Crippen LogP contribution in [-0.2, 0) is 4.79 Å². The molecule has 0 aromatic carbocycles. The zero-order valence-electron chi connectivity index (χ0n) is 14.0. The van der Waals surface area contributed by atoms with E-state index in [1.54, 1.807) is 0 Å². The van der Waals surface area contributed by atoms with Crippen LogP contribution in [0, 0.1) is 11.8 Å². The summed E-state index contributed by atoms with van der Waals surface area (Å²) in [5.74, 6) is 0.794. The van der Waals surface area contributed by atoms with Crippen LogP contribution >= 0.6 is 0 Å². The molecule has 0 bridgehead atoms. The Balaban J connectivity index is 1.34. The molecule has 130 valence electrons. The van der Waals surface area contributed by atoms with E-state index in [9.17, 15) is 9.59 Å². The van der Waals surface area contributed by atoms with Crippen molar-refractivity contribution in [3.63, 3.8) is 0 Å². The Kier molecular flexibility index (Phi) is 5.09. The second-order valence-electron chi connectivity index (χ2n) is 7.44. The molecule has 2 N–H and O–H groups in total. The van der Waals surface area contributed by atoms with E-state index >= 15 is 0 Å². The van der Waals surface area contributed by atoms with Gasteiger partial charge in [0.25, 0.3) is 0 Å². The van der Waals surface area contributed by atoms with Gasteiger partial charge >= 0.3 is 12.0 Å². The van der Waals surface area contributed by atoms with Crippen molar-refractivity contribution in [1.29, 1.82) is 0 Å². The minimum Gasteiger partial charge on any atom is -0.480 e. The highest BCUT2D eigenvalue weighted by molar-refractivity contribution is 5.75. The number of amides is 2. The number of urea groups is 1. The number of carbonyl (C=O) groups excluding carboxylic acids is 1. The molecular weight excluding hydrogens is 294 g/mol. The van der Waals surface area contributed by atoms with Gasteiger partial charge in [0.2, 0.25) is 0 Å². The summed E-state index contributed by atoms with van der Waals surface area (Å²) in [5.41, 5.74) is 0. The summed E-state index contributed by atoms with van der Waals surface area (Å²) in [5, 5.41) is 12.0. The molecule has 1 saturated heterocycles. The van der Waals surface area contributed by atoms with Crippen LogP contribution in [0.15, 0.2) is 0 Å². The summed E-state index contributed by atoms with van der Waals surface area (Å²) in [6.45, 7) is 4.67. The smallest absolute Gasteiger partial charge is 0.317 e. The highest BCUT2D eigenvalue weighted by Crippen LogP contribution is 2.36. The van der Waals surface area contributed by atoms with Crippen LogP contribution in [0.25, 0.3) is 0 Å². The minimum absolute atomic E-state index is 0.0731. The average molecular weight is 323 g/mol. The second kappa shape index (κ2) is 7.07. The Labute approximate surface area is 138 Å². The zero-order valence-corrected chi connectivity index (χ0v) is 14.0. The van der Waals surface area contributed by atoms with Crippen molar-refractivity contribution < 1.29 is 14.7 Å². The fourth-order valence-corrected chi connectivity index (χ4v) is 4.35. The molecule has 0 radical (unpaired) electrons. The van der Waals surface area contributed by atoms with Crippen molar-refractivity contribution in [2.75, 3.05) is 26.2 Å². The van der Waals surface area contributed by atoms with E-state index in [0.717, 1.165) is 44.3 Å². The third-order valence-electron chi connectivity index (χ3n) is 5.97. The standard InChI is InChI=1S/C17H29N3O3/c1-2-19(11-16(21)22)15-7-14(8-15)18-17(23)20-9-13(10-20)12-5-3-4-6-12/h12-15H,2-11H2,1H3,(H,18,23)(H,21,22). The number of likely N-dealkylation sites (N-methyl/N-ethyl adjacent to an activating group) is 1. The monoisotopic (exact) mass is 323 g/mol. The Morgan fingerprint density at radius 2 is 1.83 bits per heavy atom. The molecule has 3 aliphatic rings. The lowest BCUT2D eigenvalue weighted by Gasteiger charge is -2.46. The molecule has 3 fully saturated rings. The maximum absolute atomic E-state index is 12.2. The van der Waals surface area contributed by atoms with Crippen molar-refractivity contribution in [2.24, 2.45) is 11.8 Å². The first-order valence-electron chi connectivity index (χ1n) is 9.08. The molecule has 1 heterocycles. The fraction of sp³-hybridized carbons (Fsp3) is 0.882. The molecule has 3 rings (SSSR count). The Hall–Kier alpha value is -1.30. The lowest BCUT2D eigenvalue weighted by Crippen LogP contribution is -2.61. The summed E-state index contributed by atoms with van der Waals surface area (Å²) in [6, 6.07) is 0.578. The molecule has 6 heteroatoms. The van der Waals surface area contributed by atoms with E-state index < -0.39 is 5.97 Å². The topological polar surface area (TPSA) is 72.9 Å². The molecule has 0 atom stereocenters. The summed E-state index contributed by atoms with van der Waals surface area (Å²) in [7, 11) is 0. The molecule has 0 spiro atoms. The third-order valence-corrected chi connectivity index (χ3v) is 5.97. The number of rotatable bonds is 6. The van der Waals surface area contributed by atoms with Crippen LogP contribution in [-0.4, -0.2) is 65.2 Å². The van der Waals surface area contributed by atoms with Gasteiger partial charge < -0.3 is 15.3 Å². The lowest BCUT2D eigenvalue weighted by molar-refractivity contribution is -0.139. The molecule has 6 nitrogen and oxygen atoms in total. The largest absolute Gasteiger partial charge is 0.480 e. The molecule has 0 aromatic rings.